The molecule has 0 aliphatic carbocycles. The van der Waals surface area contributed by atoms with Gasteiger partial charge in [0.05, 0.1) is 6.04 Å². The summed E-state index contributed by atoms with van der Waals surface area (Å²) in [6.07, 6.45) is 5.26. The Bertz CT molecular complexity index is 434. The van der Waals surface area contributed by atoms with Gasteiger partial charge in [0.1, 0.15) is 0 Å². The quantitative estimate of drug-likeness (QED) is 0.751. The van der Waals surface area contributed by atoms with Gasteiger partial charge in [0.2, 0.25) is 0 Å². The molecule has 1 aromatic carbocycles. The molecule has 4 heteroatoms. The van der Waals surface area contributed by atoms with Gasteiger partial charge in [0, 0.05) is 6.42 Å². The number of benzene rings is 1. The molecule has 88 valence electrons. The standard InChI is InChI=1S/C13H13NO3/c1-2-12(15)14-11(8-9-13(16)17)10-6-4-3-5-7-10/h1,3-7,11H,8-9H2,(H,14,15)(H,16,17). The number of carbonyl (C=O) groups excluding carboxylic acids is 1. The van der Waals surface area contributed by atoms with Crippen LogP contribution in [-0.4, -0.2) is 17.0 Å². The van der Waals surface area contributed by atoms with E-state index in [0.29, 0.717) is 6.42 Å². The Hall–Kier alpha value is -2.28. The van der Waals surface area contributed by atoms with E-state index < -0.39 is 11.9 Å². The molecule has 0 bridgehead atoms. The molecule has 4 nitrogen and oxygen atoms in total. The van der Waals surface area contributed by atoms with Crippen LogP contribution >= 0.6 is 0 Å². The lowest BCUT2D eigenvalue weighted by Gasteiger charge is -2.16. The van der Waals surface area contributed by atoms with Crippen LogP contribution in [0.15, 0.2) is 30.3 Å². The highest BCUT2D eigenvalue weighted by atomic mass is 16.4. The maximum atomic E-state index is 11.1. The second kappa shape index (κ2) is 6.33. The van der Waals surface area contributed by atoms with E-state index >= 15 is 0 Å². The topological polar surface area (TPSA) is 66.4 Å². The lowest BCUT2D eigenvalue weighted by molar-refractivity contribution is -0.137. The molecule has 17 heavy (non-hydrogen) atoms. The van der Waals surface area contributed by atoms with Crippen molar-refractivity contribution in [2.45, 2.75) is 18.9 Å². The number of carboxylic acid groups (broad SMARTS) is 1. The molecule has 0 radical (unpaired) electrons. The highest BCUT2D eigenvalue weighted by Crippen LogP contribution is 2.17. The minimum absolute atomic E-state index is 0.0234. The molecule has 0 aliphatic rings. The zero-order valence-corrected chi connectivity index (χ0v) is 9.22. The third kappa shape index (κ3) is 4.39. The predicted molar refractivity (Wildman–Crippen MR) is 63.0 cm³/mol. The van der Waals surface area contributed by atoms with Crippen molar-refractivity contribution in [3.8, 4) is 12.3 Å². The number of rotatable bonds is 5. The Morgan fingerprint density at radius 2 is 2.00 bits per heavy atom. The molecule has 1 atom stereocenters. The van der Waals surface area contributed by atoms with Crippen molar-refractivity contribution in [1.29, 1.82) is 0 Å². The minimum atomic E-state index is -0.902. The van der Waals surface area contributed by atoms with E-state index in [1.807, 2.05) is 36.3 Å². The van der Waals surface area contributed by atoms with Crippen molar-refractivity contribution in [2.75, 3.05) is 0 Å². The Labute approximate surface area is 99.7 Å². The molecular formula is C13H13NO3. The normalized spacial score (nSPS) is 11.2. The number of hydrogen-bond donors (Lipinski definition) is 2. The molecule has 0 fully saturated rings. The summed E-state index contributed by atoms with van der Waals surface area (Å²) >= 11 is 0. The predicted octanol–water partition coefficient (Wildman–Crippen LogP) is 1.34. The molecule has 0 spiro atoms. The van der Waals surface area contributed by atoms with Gasteiger partial charge in [-0.2, -0.15) is 0 Å². The van der Waals surface area contributed by atoms with Crippen LogP contribution in [0.1, 0.15) is 24.4 Å². The minimum Gasteiger partial charge on any atom is -0.481 e. The van der Waals surface area contributed by atoms with E-state index in [1.165, 1.54) is 0 Å². The Morgan fingerprint density at radius 1 is 1.35 bits per heavy atom. The molecule has 0 aliphatic heterocycles. The first-order valence-corrected chi connectivity index (χ1v) is 5.17. The van der Waals surface area contributed by atoms with Crippen LogP contribution in [0.3, 0.4) is 0 Å². The van der Waals surface area contributed by atoms with Gasteiger partial charge in [-0.25, -0.2) is 0 Å². The number of amides is 1. The molecule has 1 aromatic rings. The summed E-state index contributed by atoms with van der Waals surface area (Å²) in [7, 11) is 0. The Morgan fingerprint density at radius 3 is 2.53 bits per heavy atom. The highest BCUT2D eigenvalue weighted by molar-refractivity contribution is 5.93. The molecule has 2 N–H and O–H groups in total. The third-order valence-corrected chi connectivity index (χ3v) is 2.29. The fourth-order valence-corrected chi connectivity index (χ4v) is 1.48. The summed E-state index contributed by atoms with van der Waals surface area (Å²) in [6, 6.07) is 8.78. The van der Waals surface area contributed by atoms with Crippen molar-refractivity contribution in [3.63, 3.8) is 0 Å². The van der Waals surface area contributed by atoms with Gasteiger partial charge in [0.15, 0.2) is 0 Å². The second-order valence-electron chi connectivity index (χ2n) is 3.51. The van der Waals surface area contributed by atoms with Crippen LogP contribution in [0.4, 0.5) is 0 Å². The monoisotopic (exact) mass is 231 g/mol. The summed E-state index contributed by atoms with van der Waals surface area (Å²) in [5.74, 6) is 0.516. The van der Waals surface area contributed by atoms with Crippen LogP contribution in [0.5, 0.6) is 0 Å². The Kier molecular flexibility index (Phi) is 4.77. The van der Waals surface area contributed by atoms with Crippen LogP contribution in [0.25, 0.3) is 0 Å². The number of terminal acetylenes is 1. The highest BCUT2D eigenvalue weighted by Gasteiger charge is 2.14. The van der Waals surface area contributed by atoms with Crippen molar-refractivity contribution in [1.82, 2.24) is 5.32 Å². The van der Waals surface area contributed by atoms with Crippen LogP contribution in [0, 0.1) is 12.3 Å². The number of hydrogen-bond acceptors (Lipinski definition) is 2. The summed E-state index contributed by atoms with van der Waals surface area (Å²) in [6.45, 7) is 0. The summed E-state index contributed by atoms with van der Waals surface area (Å²) in [5, 5.41) is 11.2. The summed E-state index contributed by atoms with van der Waals surface area (Å²) < 4.78 is 0. The number of carbonyl (C=O) groups is 2. The molecule has 0 heterocycles. The van der Waals surface area contributed by atoms with E-state index in [4.69, 9.17) is 11.5 Å². The largest absolute Gasteiger partial charge is 0.481 e. The van der Waals surface area contributed by atoms with Gasteiger partial charge in [-0.3, -0.25) is 9.59 Å². The van der Waals surface area contributed by atoms with Gasteiger partial charge in [-0.15, -0.1) is 6.42 Å². The van der Waals surface area contributed by atoms with Gasteiger partial charge in [-0.1, -0.05) is 30.3 Å². The average Bonchev–Trinajstić information content (AvgIpc) is 2.35. The zero-order chi connectivity index (χ0) is 12.7. The second-order valence-corrected chi connectivity index (χ2v) is 3.51. The van der Waals surface area contributed by atoms with Gasteiger partial charge in [0.25, 0.3) is 5.91 Å². The maximum absolute atomic E-state index is 11.1. The molecule has 1 rings (SSSR count). The Balaban J connectivity index is 2.76. The van der Waals surface area contributed by atoms with Gasteiger partial charge in [-0.05, 0) is 17.9 Å². The lowest BCUT2D eigenvalue weighted by Crippen LogP contribution is -2.27. The number of aliphatic carboxylic acids is 1. The van der Waals surface area contributed by atoms with Crippen LogP contribution < -0.4 is 5.32 Å². The molecule has 0 saturated carbocycles. The van der Waals surface area contributed by atoms with Crippen molar-refractivity contribution in [2.24, 2.45) is 0 Å². The van der Waals surface area contributed by atoms with Gasteiger partial charge >= 0.3 is 5.97 Å². The van der Waals surface area contributed by atoms with E-state index in [9.17, 15) is 9.59 Å². The molecular weight excluding hydrogens is 218 g/mol. The van der Waals surface area contributed by atoms with Crippen LogP contribution in [-0.2, 0) is 9.59 Å². The summed E-state index contributed by atoms with van der Waals surface area (Å²) in [5.41, 5.74) is 0.845. The number of carboxylic acids is 1. The first-order chi connectivity index (χ1) is 8.13. The number of nitrogens with one attached hydrogen (secondary N) is 1. The molecule has 1 unspecified atom stereocenters. The summed E-state index contributed by atoms with van der Waals surface area (Å²) in [4.78, 5) is 21.7. The van der Waals surface area contributed by atoms with Crippen molar-refractivity contribution >= 4 is 11.9 Å². The van der Waals surface area contributed by atoms with Gasteiger partial charge < -0.3 is 10.4 Å². The third-order valence-electron chi connectivity index (χ3n) is 2.29. The smallest absolute Gasteiger partial charge is 0.303 e. The lowest BCUT2D eigenvalue weighted by atomic mass is 10.0. The average molecular weight is 231 g/mol. The van der Waals surface area contributed by atoms with E-state index in [0.717, 1.165) is 5.56 Å². The molecule has 0 aromatic heterocycles. The van der Waals surface area contributed by atoms with E-state index in [1.54, 1.807) is 0 Å². The SMILES string of the molecule is C#CC(=O)NC(CCC(=O)O)c1ccccc1. The zero-order valence-electron chi connectivity index (χ0n) is 9.22. The molecule has 1 amide bonds. The van der Waals surface area contributed by atoms with E-state index in [2.05, 4.69) is 5.32 Å². The van der Waals surface area contributed by atoms with E-state index in [-0.39, 0.29) is 12.5 Å². The van der Waals surface area contributed by atoms with Crippen LogP contribution in [0.2, 0.25) is 0 Å². The maximum Gasteiger partial charge on any atom is 0.303 e. The first kappa shape index (κ1) is 12.8. The molecule has 0 saturated heterocycles. The first-order valence-electron chi connectivity index (χ1n) is 5.17. The van der Waals surface area contributed by atoms with Crippen molar-refractivity contribution < 1.29 is 14.7 Å². The fourth-order valence-electron chi connectivity index (χ4n) is 1.48. The van der Waals surface area contributed by atoms with Crippen molar-refractivity contribution in [3.05, 3.63) is 35.9 Å². The fraction of sp³-hybridized carbons (Fsp3) is 0.231.